The number of hydrogen-bond acceptors (Lipinski definition) is 4. The molecule has 6 nitrogen and oxygen atoms in total. The van der Waals surface area contributed by atoms with Crippen molar-refractivity contribution in [2.24, 2.45) is 0 Å². The van der Waals surface area contributed by atoms with Crippen LogP contribution in [-0.2, 0) is 39.1 Å². The summed E-state index contributed by atoms with van der Waals surface area (Å²) in [7, 11) is -9.89. The van der Waals surface area contributed by atoms with Gasteiger partial charge in [0.05, 0.1) is 11.3 Å². The van der Waals surface area contributed by atoms with Gasteiger partial charge in [0.2, 0.25) is 0 Å². The predicted molar refractivity (Wildman–Crippen MR) is 119 cm³/mol. The summed E-state index contributed by atoms with van der Waals surface area (Å²) >= 11 is 0. The Balaban J connectivity index is 1.83. The van der Waals surface area contributed by atoms with Gasteiger partial charge in [-0.3, -0.25) is 4.72 Å². The average Bonchev–Trinajstić information content (AvgIpc) is 3.18. The highest BCUT2D eigenvalue weighted by atomic mass is 32.2. The molecule has 0 aliphatic heterocycles. The second-order valence-electron chi connectivity index (χ2n) is 8.79. The fraction of sp³-hybridized carbons (Fsp3) is 0.364. The molecular formula is C22H19F7N2O4S2. The molecule has 1 atom stereocenters. The van der Waals surface area contributed by atoms with E-state index in [1.165, 1.54) is 0 Å². The van der Waals surface area contributed by atoms with E-state index >= 15 is 0 Å². The fourth-order valence-corrected chi connectivity index (χ4v) is 7.52. The average molecular weight is 573 g/mol. The fourth-order valence-electron chi connectivity index (χ4n) is 4.30. The number of allylic oxidation sites excluding steroid dienone is 3. The smallest absolute Gasteiger partial charge is 0.276 e. The van der Waals surface area contributed by atoms with Gasteiger partial charge < -0.3 is 0 Å². The highest BCUT2D eigenvalue weighted by Crippen LogP contribution is 2.43. The monoisotopic (exact) mass is 572 g/mol. The van der Waals surface area contributed by atoms with E-state index in [-0.39, 0.29) is 36.2 Å². The Morgan fingerprint density at radius 1 is 0.946 bits per heavy atom. The van der Waals surface area contributed by atoms with E-state index in [1.807, 2.05) is 0 Å². The second kappa shape index (κ2) is 8.61. The standard InChI is InChI=1S/C22H19F7N2O4S2/c1-20(8-4-5-9-21(20,25)26)37(34,35)31-12-19(13-6-2-3-7-18(13)31)36(32,33)30-17-11-15(23)14(10-16(17)24)22(27,28)29/h4-5,8-12,30H,2-3,6-7H2,1H3. The minimum absolute atomic E-state index is 0.0106. The lowest BCUT2D eigenvalue weighted by Crippen LogP contribution is -2.52. The van der Waals surface area contributed by atoms with Gasteiger partial charge in [0.1, 0.15) is 16.5 Å². The summed E-state index contributed by atoms with van der Waals surface area (Å²) in [6.07, 6.45) is -0.472. The van der Waals surface area contributed by atoms with Gasteiger partial charge in [-0.2, -0.15) is 22.0 Å². The third-order valence-electron chi connectivity index (χ3n) is 6.42. The molecule has 0 fully saturated rings. The number of nitrogens with zero attached hydrogens (tertiary/aromatic N) is 1. The van der Waals surface area contributed by atoms with Crippen LogP contribution in [0.25, 0.3) is 0 Å². The Labute approximate surface area is 207 Å². The quantitative estimate of drug-likeness (QED) is 0.502. The van der Waals surface area contributed by atoms with E-state index in [9.17, 15) is 47.6 Å². The molecular weight excluding hydrogens is 553 g/mol. The summed E-state index contributed by atoms with van der Waals surface area (Å²) in [5.41, 5.74) is -3.20. The summed E-state index contributed by atoms with van der Waals surface area (Å²) in [6.45, 7) is 0.782. The van der Waals surface area contributed by atoms with Crippen molar-refractivity contribution in [1.82, 2.24) is 3.97 Å². The molecule has 1 N–H and O–H groups in total. The number of fused-ring (bicyclic) bond motifs is 1. The van der Waals surface area contributed by atoms with Gasteiger partial charge in [-0.15, -0.1) is 0 Å². The van der Waals surface area contributed by atoms with Crippen molar-refractivity contribution in [2.75, 3.05) is 4.72 Å². The van der Waals surface area contributed by atoms with Crippen LogP contribution in [0.3, 0.4) is 0 Å². The number of nitrogens with one attached hydrogen (secondary N) is 1. The first-order chi connectivity index (χ1) is 16.9. The van der Waals surface area contributed by atoms with Crippen LogP contribution >= 0.6 is 0 Å². The van der Waals surface area contributed by atoms with Crippen LogP contribution in [-0.4, -0.2) is 31.5 Å². The molecule has 0 spiro atoms. The van der Waals surface area contributed by atoms with Crippen LogP contribution in [0.5, 0.6) is 0 Å². The van der Waals surface area contributed by atoms with E-state index in [0.717, 1.165) is 25.2 Å². The highest BCUT2D eigenvalue weighted by molar-refractivity contribution is 7.93. The van der Waals surface area contributed by atoms with Gasteiger partial charge in [0, 0.05) is 18.0 Å². The largest absolute Gasteiger partial charge is 0.419 e. The lowest BCUT2D eigenvalue weighted by atomic mass is 9.98. The van der Waals surface area contributed by atoms with E-state index in [4.69, 9.17) is 0 Å². The Morgan fingerprint density at radius 3 is 2.19 bits per heavy atom. The SMILES string of the molecule is CC1(S(=O)(=O)n2cc(S(=O)(=O)Nc3cc(F)c(C(F)(F)F)cc3F)c3c2CCCC3)C=CC=CC1(F)F. The molecule has 0 radical (unpaired) electrons. The molecule has 1 unspecified atom stereocenters. The van der Waals surface area contributed by atoms with Crippen LogP contribution in [0, 0.1) is 11.6 Å². The minimum atomic E-state index is -5.24. The number of alkyl halides is 5. The van der Waals surface area contributed by atoms with Crippen molar-refractivity contribution in [3.8, 4) is 0 Å². The first-order valence-electron chi connectivity index (χ1n) is 10.7. The third kappa shape index (κ3) is 4.35. The topological polar surface area (TPSA) is 85.2 Å². The number of benzene rings is 1. The molecule has 2 aliphatic carbocycles. The number of aromatic nitrogens is 1. The predicted octanol–water partition coefficient (Wildman–Crippen LogP) is 5.16. The Morgan fingerprint density at radius 2 is 1.57 bits per heavy atom. The summed E-state index contributed by atoms with van der Waals surface area (Å²) in [6, 6.07) is -0.208. The van der Waals surface area contributed by atoms with Gasteiger partial charge in [0.25, 0.3) is 26.0 Å². The summed E-state index contributed by atoms with van der Waals surface area (Å²) in [5, 5.41) is 0. The second-order valence-corrected chi connectivity index (χ2v) is 12.6. The Hall–Kier alpha value is -2.81. The van der Waals surface area contributed by atoms with E-state index in [2.05, 4.69) is 0 Å². The molecule has 2 aromatic rings. The molecule has 0 saturated heterocycles. The van der Waals surface area contributed by atoms with Gasteiger partial charge in [-0.25, -0.2) is 29.6 Å². The Bertz CT molecular complexity index is 1540. The van der Waals surface area contributed by atoms with Gasteiger partial charge in [-0.1, -0.05) is 18.2 Å². The number of anilines is 1. The highest BCUT2D eigenvalue weighted by Gasteiger charge is 2.58. The lowest BCUT2D eigenvalue weighted by molar-refractivity contribution is -0.140. The summed E-state index contributed by atoms with van der Waals surface area (Å²) in [5.74, 6) is -7.53. The maximum absolute atomic E-state index is 14.8. The number of hydrogen-bond donors (Lipinski definition) is 1. The van der Waals surface area contributed by atoms with Gasteiger partial charge in [0.15, 0.2) is 4.75 Å². The molecule has 1 aromatic carbocycles. The first kappa shape index (κ1) is 27.2. The van der Waals surface area contributed by atoms with Crippen molar-refractivity contribution in [1.29, 1.82) is 0 Å². The summed E-state index contributed by atoms with van der Waals surface area (Å²) in [4.78, 5) is -0.701. The molecule has 1 aromatic heterocycles. The normalized spacial score (nSPS) is 21.6. The third-order valence-corrected chi connectivity index (χ3v) is 10.2. The zero-order valence-electron chi connectivity index (χ0n) is 18.9. The van der Waals surface area contributed by atoms with Crippen molar-refractivity contribution in [3.05, 3.63) is 71.1 Å². The van der Waals surface area contributed by atoms with Crippen LogP contribution in [0.15, 0.2) is 47.5 Å². The first-order valence-corrected chi connectivity index (χ1v) is 13.7. The molecule has 37 heavy (non-hydrogen) atoms. The van der Waals surface area contributed by atoms with Crippen molar-refractivity contribution in [3.63, 3.8) is 0 Å². The Kier molecular flexibility index (Phi) is 6.34. The van der Waals surface area contributed by atoms with Gasteiger partial charge in [-0.05, 0) is 50.3 Å². The summed E-state index contributed by atoms with van der Waals surface area (Å²) < 4.78 is 149. The van der Waals surface area contributed by atoms with Crippen LogP contribution < -0.4 is 4.72 Å². The maximum atomic E-state index is 14.8. The molecule has 1 heterocycles. The number of halogens is 7. The molecule has 4 rings (SSSR count). The van der Waals surface area contributed by atoms with Crippen molar-refractivity contribution < 1.29 is 47.6 Å². The van der Waals surface area contributed by atoms with Crippen molar-refractivity contribution in [2.45, 2.75) is 54.3 Å². The molecule has 0 saturated carbocycles. The number of rotatable bonds is 5. The van der Waals surface area contributed by atoms with E-state index in [1.54, 1.807) is 4.72 Å². The zero-order chi connectivity index (χ0) is 27.6. The zero-order valence-corrected chi connectivity index (χ0v) is 20.5. The maximum Gasteiger partial charge on any atom is 0.419 e. The van der Waals surface area contributed by atoms with E-state index in [0.29, 0.717) is 29.1 Å². The molecule has 202 valence electrons. The molecule has 0 amide bonds. The minimum Gasteiger partial charge on any atom is -0.276 e. The van der Waals surface area contributed by atoms with Crippen LogP contribution in [0.1, 0.15) is 36.6 Å². The molecule has 0 bridgehead atoms. The lowest BCUT2D eigenvalue weighted by Gasteiger charge is -2.34. The number of sulfonamides is 1. The van der Waals surface area contributed by atoms with E-state index < -0.39 is 64.7 Å². The molecule has 15 heteroatoms. The van der Waals surface area contributed by atoms with Gasteiger partial charge >= 0.3 is 6.18 Å². The van der Waals surface area contributed by atoms with Crippen molar-refractivity contribution >= 4 is 25.7 Å². The van der Waals surface area contributed by atoms with Crippen LogP contribution in [0.2, 0.25) is 0 Å². The molecule has 2 aliphatic rings. The van der Waals surface area contributed by atoms with Crippen LogP contribution in [0.4, 0.5) is 36.4 Å².